The zero-order valence-corrected chi connectivity index (χ0v) is 7.08. The first kappa shape index (κ1) is 7.80. The maximum Gasteiger partial charge on any atom is 0.330 e. The van der Waals surface area contributed by atoms with Gasteiger partial charge in [-0.2, -0.15) is 0 Å². The predicted octanol–water partition coefficient (Wildman–Crippen LogP) is 1.04. The Morgan fingerprint density at radius 1 is 1.75 bits per heavy atom. The van der Waals surface area contributed by atoms with Crippen LogP contribution in [-0.2, 0) is 14.3 Å². The van der Waals surface area contributed by atoms with Crippen molar-refractivity contribution in [2.45, 2.75) is 31.5 Å². The van der Waals surface area contributed by atoms with Crippen LogP contribution in [0.15, 0.2) is 11.6 Å². The van der Waals surface area contributed by atoms with E-state index in [-0.39, 0.29) is 12.1 Å². The fourth-order valence-corrected chi connectivity index (χ4v) is 1.70. The average molecular weight is 168 g/mol. The maximum absolute atomic E-state index is 10.9. The normalized spacial score (nSPS) is 35.9. The minimum atomic E-state index is -0.263. The number of hydrogen-bond acceptors (Lipinski definition) is 3. The highest BCUT2D eigenvalue weighted by Crippen LogP contribution is 2.40. The molecule has 0 amide bonds. The second kappa shape index (κ2) is 2.90. The van der Waals surface area contributed by atoms with Crippen molar-refractivity contribution in [1.29, 1.82) is 0 Å². The minimum Gasteiger partial charge on any atom is -0.466 e. The van der Waals surface area contributed by atoms with Crippen LogP contribution in [0.5, 0.6) is 0 Å². The highest BCUT2D eigenvalue weighted by atomic mass is 16.6. The van der Waals surface area contributed by atoms with Gasteiger partial charge in [0.05, 0.1) is 13.2 Å². The SMILES string of the molecule is COC(=O)/C=C1\CCCC2OC12. The number of epoxide rings is 1. The summed E-state index contributed by atoms with van der Waals surface area (Å²) in [5.74, 6) is -0.263. The van der Waals surface area contributed by atoms with Crippen LogP contribution in [0.25, 0.3) is 0 Å². The zero-order chi connectivity index (χ0) is 8.55. The fourth-order valence-electron chi connectivity index (χ4n) is 1.70. The van der Waals surface area contributed by atoms with Gasteiger partial charge in [0.2, 0.25) is 0 Å². The second-order valence-corrected chi connectivity index (χ2v) is 3.23. The predicted molar refractivity (Wildman–Crippen MR) is 42.6 cm³/mol. The molecule has 0 bridgehead atoms. The molecule has 3 heteroatoms. The van der Waals surface area contributed by atoms with E-state index in [0.717, 1.165) is 24.8 Å². The number of carbonyl (C=O) groups excluding carboxylic acids is 1. The third-order valence-electron chi connectivity index (χ3n) is 2.41. The van der Waals surface area contributed by atoms with Crippen molar-refractivity contribution >= 4 is 5.97 Å². The molecule has 1 saturated carbocycles. The van der Waals surface area contributed by atoms with Crippen LogP contribution in [0, 0.1) is 0 Å². The van der Waals surface area contributed by atoms with Crippen LogP contribution >= 0.6 is 0 Å². The van der Waals surface area contributed by atoms with Gasteiger partial charge >= 0.3 is 5.97 Å². The summed E-state index contributed by atoms with van der Waals surface area (Å²) in [6.07, 6.45) is 5.46. The number of carbonyl (C=O) groups is 1. The first-order chi connectivity index (χ1) is 5.81. The lowest BCUT2D eigenvalue weighted by molar-refractivity contribution is -0.134. The van der Waals surface area contributed by atoms with Gasteiger partial charge in [-0.1, -0.05) is 0 Å². The van der Waals surface area contributed by atoms with Gasteiger partial charge in [0.1, 0.15) is 6.10 Å². The molecule has 3 nitrogen and oxygen atoms in total. The van der Waals surface area contributed by atoms with E-state index in [9.17, 15) is 4.79 Å². The van der Waals surface area contributed by atoms with E-state index < -0.39 is 0 Å². The van der Waals surface area contributed by atoms with Crippen molar-refractivity contribution in [1.82, 2.24) is 0 Å². The highest BCUT2D eigenvalue weighted by Gasteiger charge is 2.43. The lowest BCUT2D eigenvalue weighted by atomic mass is 9.95. The molecular weight excluding hydrogens is 156 g/mol. The van der Waals surface area contributed by atoms with Gasteiger partial charge in [0.25, 0.3) is 0 Å². The molecule has 1 heterocycles. The van der Waals surface area contributed by atoms with Crippen LogP contribution < -0.4 is 0 Å². The first-order valence-electron chi connectivity index (χ1n) is 4.25. The third-order valence-corrected chi connectivity index (χ3v) is 2.41. The third kappa shape index (κ3) is 1.37. The molecule has 66 valence electrons. The molecule has 2 rings (SSSR count). The standard InChI is InChI=1S/C9H12O3/c1-11-8(10)5-6-3-2-4-7-9(6)12-7/h5,7,9H,2-4H2,1H3/b6-5+. The maximum atomic E-state index is 10.9. The Morgan fingerprint density at radius 2 is 2.58 bits per heavy atom. The van der Waals surface area contributed by atoms with Gasteiger partial charge in [-0.05, 0) is 24.8 Å². The summed E-state index contributed by atoms with van der Waals surface area (Å²) in [5, 5.41) is 0. The van der Waals surface area contributed by atoms with Gasteiger partial charge in [-0.25, -0.2) is 4.79 Å². The van der Waals surface area contributed by atoms with E-state index >= 15 is 0 Å². The van der Waals surface area contributed by atoms with Gasteiger partial charge in [-0.3, -0.25) is 0 Å². The Hall–Kier alpha value is -0.830. The molecule has 0 spiro atoms. The Morgan fingerprint density at radius 3 is 3.33 bits per heavy atom. The number of esters is 1. The smallest absolute Gasteiger partial charge is 0.330 e. The molecule has 0 radical (unpaired) electrons. The Kier molecular flexibility index (Phi) is 1.89. The van der Waals surface area contributed by atoms with Crippen molar-refractivity contribution in [2.75, 3.05) is 7.11 Å². The molecule has 0 aromatic carbocycles. The van der Waals surface area contributed by atoms with Crippen LogP contribution in [0.2, 0.25) is 0 Å². The molecule has 2 unspecified atom stereocenters. The molecule has 12 heavy (non-hydrogen) atoms. The van der Waals surface area contributed by atoms with Crippen LogP contribution in [0.4, 0.5) is 0 Å². The summed E-state index contributed by atoms with van der Waals surface area (Å²) in [4.78, 5) is 10.9. The van der Waals surface area contributed by atoms with Gasteiger partial charge in [0, 0.05) is 6.08 Å². The Balaban J connectivity index is 2.02. The van der Waals surface area contributed by atoms with Crippen LogP contribution in [-0.4, -0.2) is 25.3 Å². The highest BCUT2D eigenvalue weighted by molar-refractivity contribution is 5.83. The molecule has 0 aromatic heterocycles. The lowest BCUT2D eigenvalue weighted by Gasteiger charge is -2.07. The van der Waals surface area contributed by atoms with Crippen molar-refractivity contribution in [3.05, 3.63) is 11.6 Å². The molecular formula is C9H12O3. The zero-order valence-electron chi connectivity index (χ0n) is 7.08. The van der Waals surface area contributed by atoms with E-state index in [0.29, 0.717) is 6.10 Å². The molecule has 2 fully saturated rings. The molecule has 0 N–H and O–H groups in total. The minimum absolute atomic E-state index is 0.234. The summed E-state index contributed by atoms with van der Waals surface area (Å²) in [6.45, 7) is 0. The summed E-state index contributed by atoms with van der Waals surface area (Å²) < 4.78 is 9.91. The van der Waals surface area contributed by atoms with E-state index in [1.165, 1.54) is 7.11 Å². The molecule has 0 aromatic rings. The van der Waals surface area contributed by atoms with E-state index in [4.69, 9.17) is 4.74 Å². The van der Waals surface area contributed by atoms with E-state index in [1.54, 1.807) is 6.08 Å². The fraction of sp³-hybridized carbons (Fsp3) is 0.667. The number of hydrogen-bond donors (Lipinski definition) is 0. The Bertz CT molecular complexity index is 232. The first-order valence-corrected chi connectivity index (χ1v) is 4.25. The summed E-state index contributed by atoms with van der Waals surface area (Å²) in [7, 11) is 1.40. The lowest BCUT2D eigenvalue weighted by Crippen LogP contribution is -2.08. The molecule has 2 atom stereocenters. The monoisotopic (exact) mass is 168 g/mol. The number of methoxy groups -OCH3 is 1. The average Bonchev–Trinajstić information content (AvgIpc) is 2.84. The molecule has 1 aliphatic carbocycles. The van der Waals surface area contributed by atoms with Crippen LogP contribution in [0.1, 0.15) is 19.3 Å². The second-order valence-electron chi connectivity index (χ2n) is 3.23. The number of ether oxygens (including phenoxy) is 2. The largest absolute Gasteiger partial charge is 0.466 e. The van der Waals surface area contributed by atoms with E-state index in [1.807, 2.05) is 0 Å². The number of rotatable bonds is 1. The molecule has 1 aliphatic heterocycles. The molecule has 1 saturated heterocycles. The van der Waals surface area contributed by atoms with Gasteiger partial charge < -0.3 is 9.47 Å². The summed E-state index contributed by atoms with van der Waals surface area (Å²) in [6, 6.07) is 0. The summed E-state index contributed by atoms with van der Waals surface area (Å²) >= 11 is 0. The Labute approximate surface area is 71.3 Å². The van der Waals surface area contributed by atoms with Gasteiger partial charge in [0.15, 0.2) is 0 Å². The van der Waals surface area contributed by atoms with E-state index in [2.05, 4.69) is 4.74 Å². The molecule has 2 aliphatic rings. The summed E-state index contributed by atoms with van der Waals surface area (Å²) in [5.41, 5.74) is 1.11. The number of fused-ring (bicyclic) bond motifs is 1. The van der Waals surface area contributed by atoms with Crippen molar-refractivity contribution in [3.8, 4) is 0 Å². The van der Waals surface area contributed by atoms with Crippen molar-refractivity contribution < 1.29 is 14.3 Å². The topological polar surface area (TPSA) is 38.8 Å². The van der Waals surface area contributed by atoms with Crippen molar-refractivity contribution in [2.24, 2.45) is 0 Å². The quantitative estimate of drug-likeness (QED) is 0.333. The van der Waals surface area contributed by atoms with Crippen LogP contribution in [0.3, 0.4) is 0 Å². The van der Waals surface area contributed by atoms with Crippen molar-refractivity contribution in [3.63, 3.8) is 0 Å². The van der Waals surface area contributed by atoms with Gasteiger partial charge in [-0.15, -0.1) is 0 Å².